The van der Waals surface area contributed by atoms with Crippen molar-refractivity contribution in [2.45, 2.75) is 43.2 Å². The Morgan fingerprint density at radius 3 is 2.19 bits per heavy atom. The summed E-state index contributed by atoms with van der Waals surface area (Å²) in [7, 11) is -3.82. The van der Waals surface area contributed by atoms with Crippen LogP contribution in [-0.2, 0) is 16.2 Å². The number of sulfonamides is 1. The van der Waals surface area contributed by atoms with Crippen LogP contribution in [0.25, 0.3) is 0 Å². The standard InChI is InChI=1S/C13H16F3NO3S/c14-13(15,16)9-5-7-10(8-6-9)17-21(19,20)12-4-2-1-3-11(12)18/h5-8,11-12,17-18H,1-4H2. The van der Waals surface area contributed by atoms with Crippen molar-refractivity contribution in [3.8, 4) is 0 Å². The number of halogens is 3. The largest absolute Gasteiger partial charge is 0.416 e. The lowest BCUT2D eigenvalue weighted by atomic mass is 9.97. The van der Waals surface area contributed by atoms with Crippen LogP contribution in [0.15, 0.2) is 24.3 Å². The van der Waals surface area contributed by atoms with E-state index in [4.69, 9.17) is 0 Å². The predicted octanol–water partition coefficient (Wildman–Crippen LogP) is 2.75. The summed E-state index contributed by atoms with van der Waals surface area (Å²) in [4.78, 5) is 0. The molecule has 0 aromatic heterocycles. The SMILES string of the molecule is O=S(=O)(Nc1ccc(C(F)(F)F)cc1)C1CCCCC1O. The van der Waals surface area contributed by atoms with Crippen molar-refractivity contribution < 1.29 is 26.7 Å². The maximum absolute atomic E-state index is 12.4. The minimum atomic E-state index is -4.46. The lowest BCUT2D eigenvalue weighted by Gasteiger charge is -2.27. The molecule has 0 radical (unpaired) electrons. The first-order chi connectivity index (χ1) is 9.70. The van der Waals surface area contributed by atoms with Gasteiger partial charge >= 0.3 is 6.18 Å². The molecule has 8 heteroatoms. The highest BCUT2D eigenvalue weighted by molar-refractivity contribution is 7.93. The number of hydrogen-bond acceptors (Lipinski definition) is 3. The van der Waals surface area contributed by atoms with E-state index in [-0.39, 0.29) is 5.69 Å². The normalized spacial score (nSPS) is 23.8. The smallest absolute Gasteiger partial charge is 0.392 e. The molecule has 1 saturated carbocycles. The van der Waals surface area contributed by atoms with Gasteiger partial charge in [-0.2, -0.15) is 13.2 Å². The van der Waals surface area contributed by atoms with E-state index in [1.165, 1.54) is 0 Å². The van der Waals surface area contributed by atoms with Crippen LogP contribution < -0.4 is 4.72 Å². The highest BCUT2D eigenvalue weighted by atomic mass is 32.2. The Labute approximate surface area is 121 Å². The van der Waals surface area contributed by atoms with Gasteiger partial charge in [-0.05, 0) is 37.1 Å². The van der Waals surface area contributed by atoms with Crippen molar-refractivity contribution in [1.29, 1.82) is 0 Å². The molecule has 2 N–H and O–H groups in total. The molecule has 1 aromatic rings. The fourth-order valence-electron chi connectivity index (χ4n) is 2.41. The molecule has 0 aliphatic heterocycles. The van der Waals surface area contributed by atoms with E-state index in [2.05, 4.69) is 4.72 Å². The van der Waals surface area contributed by atoms with E-state index in [1.54, 1.807) is 0 Å². The second kappa shape index (κ2) is 5.84. The summed E-state index contributed by atoms with van der Waals surface area (Å²) in [5.41, 5.74) is -0.788. The van der Waals surface area contributed by atoms with Gasteiger partial charge in [0.15, 0.2) is 0 Å². The third-order valence-corrected chi connectivity index (χ3v) is 5.41. The van der Waals surface area contributed by atoms with Gasteiger partial charge in [0.25, 0.3) is 0 Å². The molecule has 21 heavy (non-hydrogen) atoms. The zero-order valence-corrected chi connectivity index (χ0v) is 11.9. The Balaban J connectivity index is 2.13. The molecule has 118 valence electrons. The van der Waals surface area contributed by atoms with Crippen LogP contribution in [0.4, 0.5) is 18.9 Å². The molecule has 2 unspecified atom stereocenters. The number of anilines is 1. The van der Waals surface area contributed by atoms with Crippen LogP contribution in [0.5, 0.6) is 0 Å². The number of rotatable bonds is 3. The monoisotopic (exact) mass is 323 g/mol. The summed E-state index contributed by atoms with van der Waals surface area (Å²) in [6.45, 7) is 0. The average Bonchev–Trinajstić information content (AvgIpc) is 2.38. The molecule has 1 fully saturated rings. The summed E-state index contributed by atoms with van der Waals surface area (Å²) in [5.74, 6) is 0. The van der Waals surface area contributed by atoms with Gasteiger partial charge in [0.1, 0.15) is 5.25 Å². The Morgan fingerprint density at radius 2 is 1.67 bits per heavy atom. The number of hydrogen-bond donors (Lipinski definition) is 2. The van der Waals surface area contributed by atoms with Crippen LogP contribution in [0, 0.1) is 0 Å². The molecule has 0 amide bonds. The van der Waals surface area contributed by atoms with Crippen molar-refractivity contribution in [1.82, 2.24) is 0 Å². The van der Waals surface area contributed by atoms with E-state index in [1.807, 2.05) is 0 Å². The highest BCUT2D eigenvalue weighted by Gasteiger charge is 2.35. The van der Waals surface area contributed by atoms with Crippen LogP contribution in [0.1, 0.15) is 31.2 Å². The van der Waals surface area contributed by atoms with Gasteiger partial charge in [-0.25, -0.2) is 8.42 Å². The van der Waals surface area contributed by atoms with Crippen molar-refractivity contribution >= 4 is 15.7 Å². The Hall–Kier alpha value is -1.28. The number of alkyl halides is 3. The number of aliphatic hydroxyl groups is 1. The van der Waals surface area contributed by atoms with E-state index < -0.39 is 33.1 Å². The summed E-state index contributed by atoms with van der Waals surface area (Å²) < 4.78 is 63.8. The lowest BCUT2D eigenvalue weighted by Crippen LogP contribution is -2.40. The van der Waals surface area contributed by atoms with Crippen LogP contribution in [0.2, 0.25) is 0 Å². The quantitative estimate of drug-likeness (QED) is 0.899. The Kier molecular flexibility index (Phi) is 4.48. The third kappa shape index (κ3) is 3.88. The Morgan fingerprint density at radius 1 is 1.10 bits per heavy atom. The number of benzene rings is 1. The average molecular weight is 323 g/mol. The van der Waals surface area contributed by atoms with Gasteiger partial charge in [-0.15, -0.1) is 0 Å². The number of aliphatic hydroxyl groups excluding tert-OH is 1. The van der Waals surface area contributed by atoms with Crippen molar-refractivity contribution in [2.75, 3.05) is 4.72 Å². The summed E-state index contributed by atoms with van der Waals surface area (Å²) in [6.07, 6.45) is -3.17. The van der Waals surface area contributed by atoms with Gasteiger partial charge < -0.3 is 5.11 Å². The van der Waals surface area contributed by atoms with E-state index >= 15 is 0 Å². The van der Waals surface area contributed by atoms with Gasteiger partial charge in [0, 0.05) is 5.69 Å². The minimum Gasteiger partial charge on any atom is -0.392 e. The highest BCUT2D eigenvalue weighted by Crippen LogP contribution is 2.31. The summed E-state index contributed by atoms with van der Waals surface area (Å²) >= 11 is 0. The van der Waals surface area contributed by atoms with Crippen LogP contribution in [0.3, 0.4) is 0 Å². The zero-order valence-electron chi connectivity index (χ0n) is 11.1. The van der Waals surface area contributed by atoms with E-state index in [0.717, 1.165) is 30.7 Å². The molecule has 0 spiro atoms. The van der Waals surface area contributed by atoms with E-state index in [9.17, 15) is 26.7 Å². The maximum atomic E-state index is 12.4. The molecule has 1 aliphatic rings. The molecule has 1 aliphatic carbocycles. The molecule has 0 bridgehead atoms. The fraction of sp³-hybridized carbons (Fsp3) is 0.538. The minimum absolute atomic E-state index is 0.0563. The van der Waals surface area contributed by atoms with Crippen LogP contribution in [-0.4, -0.2) is 24.9 Å². The summed E-state index contributed by atoms with van der Waals surface area (Å²) in [6, 6.07) is 3.76. The topological polar surface area (TPSA) is 66.4 Å². The molecule has 2 atom stereocenters. The second-order valence-electron chi connectivity index (χ2n) is 5.11. The van der Waals surface area contributed by atoms with E-state index in [0.29, 0.717) is 19.3 Å². The first-order valence-corrected chi connectivity index (χ1v) is 8.12. The van der Waals surface area contributed by atoms with Crippen molar-refractivity contribution in [3.05, 3.63) is 29.8 Å². The van der Waals surface area contributed by atoms with Crippen molar-refractivity contribution in [2.24, 2.45) is 0 Å². The van der Waals surface area contributed by atoms with Gasteiger partial charge in [0.05, 0.1) is 11.7 Å². The maximum Gasteiger partial charge on any atom is 0.416 e. The number of nitrogens with one attached hydrogen (secondary N) is 1. The van der Waals surface area contributed by atoms with Gasteiger partial charge in [0.2, 0.25) is 10.0 Å². The molecule has 0 saturated heterocycles. The second-order valence-corrected chi connectivity index (χ2v) is 7.01. The molecule has 1 aromatic carbocycles. The van der Waals surface area contributed by atoms with Crippen LogP contribution >= 0.6 is 0 Å². The first-order valence-electron chi connectivity index (χ1n) is 6.57. The van der Waals surface area contributed by atoms with Gasteiger partial charge in [-0.1, -0.05) is 12.8 Å². The third-order valence-electron chi connectivity index (χ3n) is 3.54. The zero-order chi connectivity index (χ0) is 15.7. The first kappa shape index (κ1) is 16.1. The summed E-state index contributed by atoms with van der Waals surface area (Å²) in [5, 5.41) is 8.84. The molecule has 0 heterocycles. The fourth-order valence-corrected chi connectivity index (χ4v) is 4.05. The molecule has 4 nitrogen and oxygen atoms in total. The lowest BCUT2D eigenvalue weighted by molar-refractivity contribution is -0.137. The predicted molar refractivity (Wildman–Crippen MR) is 72.2 cm³/mol. The Bertz CT molecular complexity index is 584. The molecule has 2 rings (SSSR count). The molecular formula is C13H16F3NO3S. The molecular weight excluding hydrogens is 307 g/mol. The van der Waals surface area contributed by atoms with Gasteiger partial charge in [-0.3, -0.25) is 4.72 Å². The van der Waals surface area contributed by atoms with Crippen molar-refractivity contribution in [3.63, 3.8) is 0 Å².